The lowest BCUT2D eigenvalue weighted by molar-refractivity contribution is 0.393. The van der Waals surface area contributed by atoms with E-state index < -0.39 is 0 Å². The van der Waals surface area contributed by atoms with Gasteiger partial charge >= 0.3 is 0 Å². The fraction of sp³-hybridized carbons (Fsp3) is 0.455. The third-order valence-corrected chi connectivity index (χ3v) is 2.68. The molecule has 0 bridgehead atoms. The summed E-state index contributed by atoms with van der Waals surface area (Å²) >= 11 is 0. The fourth-order valence-corrected chi connectivity index (χ4v) is 1.64. The number of methoxy groups -OCH3 is 1. The van der Waals surface area contributed by atoms with Crippen LogP contribution in [0.3, 0.4) is 0 Å². The minimum absolute atomic E-state index is 0.589. The van der Waals surface area contributed by atoms with Gasteiger partial charge in [-0.3, -0.25) is 0 Å². The summed E-state index contributed by atoms with van der Waals surface area (Å²) in [5.74, 6) is 2.30. The number of aryl methyl sites for hydroxylation is 1. The molecule has 0 unspecified atom stereocenters. The van der Waals surface area contributed by atoms with Gasteiger partial charge in [-0.1, -0.05) is 0 Å². The van der Waals surface area contributed by atoms with Gasteiger partial charge in [0.2, 0.25) is 5.88 Å². The predicted octanol–water partition coefficient (Wildman–Crippen LogP) is 0.577. The average Bonchev–Trinajstić information content (AvgIpc) is 2.77. The summed E-state index contributed by atoms with van der Waals surface area (Å²) in [5.41, 5.74) is 0.901. The molecule has 1 N–H and O–H groups in total. The molecular formula is C11H16N6O. The number of hydrogen-bond donors (Lipinski definition) is 1. The largest absolute Gasteiger partial charge is 0.481 e. The zero-order valence-electron chi connectivity index (χ0n) is 10.7. The van der Waals surface area contributed by atoms with E-state index in [1.165, 1.54) is 6.33 Å². The maximum absolute atomic E-state index is 5.14. The molecule has 0 aliphatic heterocycles. The molecule has 2 aromatic rings. The van der Waals surface area contributed by atoms with Crippen molar-refractivity contribution in [1.29, 1.82) is 0 Å². The molecule has 0 spiro atoms. The number of anilines is 1. The standard InChI is InChI=1S/C11H16N6O/c1-8-10(13-6-14-11(8)18-3)12-5-4-9-16-15-7-17(9)2/h6-7H,4-5H2,1-3H3,(H,12,13,14). The Morgan fingerprint density at radius 3 is 2.89 bits per heavy atom. The van der Waals surface area contributed by atoms with E-state index in [1.807, 2.05) is 18.5 Å². The van der Waals surface area contributed by atoms with Crippen molar-refractivity contribution in [3.63, 3.8) is 0 Å². The highest BCUT2D eigenvalue weighted by Crippen LogP contribution is 2.19. The van der Waals surface area contributed by atoms with Crippen molar-refractivity contribution in [2.45, 2.75) is 13.3 Å². The normalized spacial score (nSPS) is 10.4. The van der Waals surface area contributed by atoms with Gasteiger partial charge in [-0.05, 0) is 6.92 Å². The Morgan fingerprint density at radius 2 is 2.22 bits per heavy atom. The summed E-state index contributed by atoms with van der Waals surface area (Å²) in [6.45, 7) is 2.65. The minimum atomic E-state index is 0.589. The molecule has 0 aromatic carbocycles. The van der Waals surface area contributed by atoms with Gasteiger partial charge in [-0.2, -0.15) is 0 Å². The van der Waals surface area contributed by atoms with Crippen LogP contribution >= 0.6 is 0 Å². The molecule has 0 aliphatic carbocycles. The summed E-state index contributed by atoms with van der Waals surface area (Å²) < 4.78 is 7.04. The summed E-state index contributed by atoms with van der Waals surface area (Å²) in [6, 6.07) is 0. The number of ether oxygens (including phenoxy) is 1. The molecule has 2 aromatic heterocycles. The van der Waals surface area contributed by atoms with Crippen LogP contribution in [-0.2, 0) is 13.5 Å². The second-order valence-corrected chi connectivity index (χ2v) is 3.89. The lowest BCUT2D eigenvalue weighted by Crippen LogP contribution is -2.11. The van der Waals surface area contributed by atoms with Gasteiger partial charge in [-0.15, -0.1) is 10.2 Å². The molecule has 7 nitrogen and oxygen atoms in total. The zero-order chi connectivity index (χ0) is 13.0. The first kappa shape index (κ1) is 12.3. The first-order chi connectivity index (χ1) is 8.72. The van der Waals surface area contributed by atoms with Crippen LogP contribution in [0.5, 0.6) is 5.88 Å². The van der Waals surface area contributed by atoms with E-state index in [4.69, 9.17) is 4.74 Å². The van der Waals surface area contributed by atoms with Crippen molar-refractivity contribution in [2.75, 3.05) is 19.0 Å². The molecule has 0 amide bonds. The number of rotatable bonds is 5. The Bertz CT molecular complexity index is 524. The first-order valence-electron chi connectivity index (χ1n) is 5.64. The summed E-state index contributed by atoms with van der Waals surface area (Å²) in [7, 11) is 3.52. The molecule has 0 saturated heterocycles. The molecule has 2 heterocycles. The third kappa shape index (κ3) is 2.55. The Kier molecular flexibility index (Phi) is 3.71. The summed E-state index contributed by atoms with van der Waals surface area (Å²) in [6.07, 6.45) is 3.95. The second kappa shape index (κ2) is 5.44. The van der Waals surface area contributed by atoms with Crippen molar-refractivity contribution in [3.8, 4) is 5.88 Å². The Hall–Kier alpha value is -2.18. The molecule has 7 heteroatoms. The van der Waals surface area contributed by atoms with E-state index in [2.05, 4.69) is 25.5 Å². The molecule has 2 rings (SSSR count). The van der Waals surface area contributed by atoms with Crippen LogP contribution in [0, 0.1) is 6.92 Å². The van der Waals surface area contributed by atoms with Gasteiger partial charge in [0.1, 0.15) is 24.3 Å². The van der Waals surface area contributed by atoms with Crippen molar-refractivity contribution >= 4 is 5.82 Å². The summed E-state index contributed by atoms with van der Waals surface area (Å²) in [4.78, 5) is 8.21. The van der Waals surface area contributed by atoms with E-state index in [0.29, 0.717) is 5.88 Å². The van der Waals surface area contributed by atoms with E-state index in [1.54, 1.807) is 13.4 Å². The van der Waals surface area contributed by atoms with Gasteiger partial charge in [-0.25, -0.2) is 9.97 Å². The zero-order valence-corrected chi connectivity index (χ0v) is 10.7. The van der Waals surface area contributed by atoms with E-state index >= 15 is 0 Å². The molecule has 0 fully saturated rings. The molecule has 0 atom stereocenters. The third-order valence-electron chi connectivity index (χ3n) is 2.68. The van der Waals surface area contributed by atoms with Crippen LogP contribution < -0.4 is 10.1 Å². The highest BCUT2D eigenvalue weighted by Gasteiger charge is 2.07. The van der Waals surface area contributed by atoms with Gasteiger partial charge < -0.3 is 14.6 Å². The topological polar surface area (TPSA) is 77.8 Å². The Balaban J connectivity index is 1.96. The SMILES string of the molecule is COc1ncnc(NCCc2nncn2C)c1C. The quantitative estimate of drug-likeness (QED) is 0.833. The summed E-state index contributed by atoms with van der Waals surface area (Å²) in [5, 5.41) is 11.1. The van der Waals surface area contributed by atoms with Crippen molar-refractivity contribution in [1.82, 2.24) is 24.7 Å². The molecule has 18 heavy (non-hydrogen) atoms. The molecule has 96 valence electrons. The highest BCUT2D eigenvalue weighted by molar-refractivity contribution is 5.47. The van der Waals surface area contributed by atoms with Gasteiger partial charge in [0.15, 0.2) is 0 Å². The van der Waals surface area contributed by atoms with Gasteiger partial charge in [0.05, 0.1) is 12.7 Å². The average molecular weight is 248 g/mol. The number of hydrogen-bond acceptors (Lipinski definition) is 6. The first-order valence-corrected chi connectivity index (χ1v) is 5.64. The lowest BCUT2D eigenvalue weighted by atomic mass is 10.3. The van der Waals surface area contributed by atoms with Crippen molar-refractivity contribution in [3.05, 3.63) is 24.0 Å². The minimum Gasteiger partial charge on any atom is -0.481 e. The van der Waals surface area contributed by atoms with Gasteiger partial charge in [0, 0.05) is 20.0 Å². The van der Waals surface area contributed by atoms with Crippen LogP contribution in [0.2, 0.25) is 0 Å². The lowest BCUT2D eigenvalue weighted by Gasteiger charge is -2.09. The highest BCUT2D eigenvalue weighted by atomic mass is 16.5. The molecule has 0 saturated carbocycles. The van der Waals surface area contributed by atoms with E-state index in [9.17, 15) is 0 Å². The van der Waals surface area contributed by atoms with E-state index in [0.717, 1.165) is 30.2 Å². The number of aromatic nitrogens is 5. The maximum Gasteiger partial charge on any atom is 0.221 e. The maximum atomic E-state index is 5.14. The molecule has 0 aliphatic rings. The smallest absolute Gasteiger partial charge is 0.221 e. The molecule has 0 radical (unpaired) electrons. The van der Waals surface area contributed by atoms with Crippen LogP contribution in [-0.4, -0.2) is 38.4 Å². The predicted molar refractivity (Wildman–Crippen MR) is 66.5 cm³/mol. The van der Waals surface area contributed by atoms with E-state index in [-0.39, 0.29) is 0 Å². The number of nitrogens with zero attached hydrogens (tertiary/aromatic N) is 5. The van der Waals surface area contributed by atoms with Crippen molar-refractivity contribution in [2.24, 2.45) is 7.05 Å². The van der Waals surface area contributed by atoms with Crippen LogP contribution in [0.4, 0.5) is 5.82 Å². The Labute approximate surface area is 105 Å². The van der Waals surface area contributed by atoms with Crippen LogP contribution in [0.15, 0.2) is 12.7 Å². The second-order valence-electron chi connectivity index (χ2n) is 3.89. The van der Waals surface area contributed by atoms with Crippen LogP contribution in [0.25, 0.3) is 0 Å². The number of nitrogens with one attached hydrogen (secondary N) is 1. The van der Waals surface area contributed by atoms with Gasteiger partial charge in [0.25, 0.3) is 0 Å². The van der Waals surface area contributed by atoms with Crippen LogP contribution in [0.1, 0.15) is 11.4 Å². The fourth-order valence-electron chi connectivity index (χ4n) is 1.64. The monoisotopic (exact) mass is 248 g/mol. The van der Waals surface area contributed by atoms with Crippen molar-refractivity contribution < 1.29 is 4.74 Å². The molecular weight excluding hydrogens is 232 g/mol. The Morgan fingerprint density at radius 1 is 1.39 bits per heavy atom.